The van der Waals surface area contributed by atoms with Crippen LogP contribution in [0.15, 0.2) is 22.8 Å². The van der Waals surface area contributed by atoms with Crippen molar-refractivity contribution in [3.05, 3.63) is 24.2 Å². The Bertz CT molecular complexity index is 717. The van der Waals surface area contributed by atoms with Crippen LogP contribution in [0, 0.1) is 11.3 Å². The minimum Gasteiger partial charge on any atom is -0.480 e. The Hall–Kier alpha value is -2.31. The highest BCUT2D eigenvalue weighted by molar-refractivity contribution is 5.85. The van der Waals surface area contributed by atoms with E-state index in [0.29, 0.717) is 32.5 Å². The van der Waals surface area contributed by atoms with Gasteiger partial charge in [-0.3, -0.25) is 9.59 Å². The van der Waals surface area contributed by atoms with E-state index < -0.39 is 12.0 Å². The molecule has 3 aliphatic rings. The highest BCUT2D eigenvalue weighted by Gasteiger charge is 2.50. The van der Waals surface area contributed by atoms with Crippen molar-refractivity contribution in [3.8, 4) is 0 Å². The van der Waals surface area contributed by atoms with Gasteiger partial charge in [-0.25, -0.2) is 4.79 Å². The van der Waals surface area contributed by atoms with E-state index in [-0.39, 0.29) is 29.6 Å². The quantitative estimate of drug-likeness (QED) is 0.850. The van der Waals surface area contributed by atoms with Crippen LogP contribution >= 0.6 is 0 Å². The fourth-order valence-corrected chi connectivity index (χ4v) is 4.52. The van der Waals surface area contributed by atoms with Crippen molar-refractivity contribution >= 4 is 17.8 Å². The standard InChI is InChI=1S/C20H26N2O5/c23-17(6-5-15-2-1-11-27-15)22-13-20(12-16(22)19(25)26)7-9-21(10-8-20)18(24)14-3-4-14/h1-2,11,14,16H,3-10,12-13H2,(H,25,26)/t16-/m1/s1. The molecule has 1 aromatic rings. The van der Waals surface area contributed by atoms with E-state index >= 15 is 0 Å². The molecule has 4 rings (SSSR count). The highest BCUT2D eigenvalue weighted by atomic mass is 16.4. The number of piperidine rings is 1. The molecule has 1 atom stereocenters. The zero-order valence-electron chi connectivity index (χ0n) is 15.4. The number of carbonyl (C=O) groups is 3. The van der Waals surface area contributed by atoms with Crippen LogP contribution in [-0.2, 0) is 20.8 Å². The van der Waals surface area contributed by atoms with Crippen molar-refractivity contribution in [2.75, 3.05) is 19.6 Å². The predicted molar refractivity (Wildman–Crippen MR) is 95.8 cm³/mol. The summed E-state index contributed by atoms with van der Waals surface area (Å²) in [7, 11) is 0. The average molecular weight is 374 g/mol. The van der Waals surface area contributed by atoms with Crippen LogP contribution in [0.1, 0.15) is 44.3 Å². The van der Waals surface area contributed by atoms with Crippen LogP contribution < -0.4 is 0 Å². The number of carboxylic acid groups (broad SMARTS) is 1. The summed E-state index contributed by atoms with van der Waals surface area (Å²) in [5, 5.41) is 9.64. The number of aryl methyl sites for hydroxylation is 1. The summed E-state index contributed by atoms with van der Waals surface area (Å²) in [6.07, 6.45) is 6.33. The maximum atomic E-state index is 12.7. The molecule has 3 fully saturated rings. The lowest BCUT2D eigenvalue weighted by Crippen LogP contribution is -2.45. The molecule has 2 aliphatic heterocycles. The molecule has 3 heterocycles. The second-order valence-electron chi connectivity index (χ2n) is 8.26. The number of aliphatic carboxylic acids is 1. The molecule has 7 nitrogen and oxygen atoms in total. The van der Waals surface area contributed by atoms with Gasteiger partial charge in [-0.15, -0.1) is 0 Å². The lowest BCUT2D eigenvalue weighted by molar-refractivity contribution is -0.148. The van der Waals surface area contributed by atoms with Crippen LogP contribution in [0.3, 0.4) is 0 Å². The van der Waals surface area contributed by atoms with Crippen molar-refractivity contribution in [1.82, 2.24) is 9.80 Å². The van der Waals surface area contributed by atoms with Gasteiger partial charge in [-0.2, -0.15) is 0 Å². The van der Waals surface area contributed by atoms with Crippen molar-refractivity contribution in [2.24, 2.45) is 11.3 Å². The third-order valence-electron chi connectivity index (χ3n) is 6.34. The van der Waals surface area contributed by atoms with E-state index in [1.165, 1.54) is 0 Å². The molecule has 1 aromatic heterocycles. The van der Waals surface area contributed by atoms with Crippen LogP contribution in [0.2, 0.25) is 0 Å². The van der Waals surface area contributed by atoms with E-state index in [1.807, 2.05) is 11.0 Å². The van der Waals surface area contributed by atoms with E-state index in [2.05, 4.69) is 0 Å². The molecular weight excluding hydrogens is 348 g/mol. The second-order valence-corrected chi connectivity index (χ2v) is 8.26. The summed E-state index contributed by atoms with van der Waals surface area (Å²) in [6.45, 7) is 1.83. The Morgan fingerprint density at radius 3 is 2.56 bits per heavy atom. The van der Waals surface area contributed by atoms with Gasteiger partial charge in [0.25, 0.3) is 0 Å². The molecule has 2 amide bonds. The Labute approximate surface area is 158 Å². The Morgan fingerprint density at radius 1 is 1.22 bits per heavy atom. The van der Waals surface area contributed by atoms with Gasteiger partial charge in [0.05, 0.1) is 6.26 Å². The first-order valence-corrected chi connectivity index (χ1v) is 9.81. The normalized spacial score (nSPS) is 24.4. The van der Waals surface area contributed by atoms with Crippen LogP contribution in [0.4, 0.5) is 0 Å². The molecule has 1 saturated carbocycles. The number of rotatable bonds is 5. The van der Waals surface area contributed by atoms with Crippen LogP contribution in [0.5, 0.6) is 0 Å². The number of amides is 2. The van der Waals surface area contributed by atoms with Gasteiger partial charge < -0.3 is 19.3 Å². The number of carbonyl (C=O) groups excluding carboxylic acids is 2. The number of nitrogens with zero attached hydrogens (tertiary/aromatic N) is 2. The molecule has 146 valence electrons. The molecule has 7 heteroatoms. The van der Waals surface area contributed by atoms with Crippen molar-refractivity contribution in [2.45, 2.75) is 51.0 Å². The number of carboxylic acids is 1. The molecule has 1 spiro atoms. The summed E-state index contributed by atoms with van der Waals surface area (Å²) in [4.78, 5) is 40.2. The zero-order chi connectivity index (χ0) is 19.0. The van der Waals surface area contributed by atoms with Gasteiger partial charge in [-0.05, 0) is 49.7 Å². The molecule has 0 aromatic carbocycles. The molecule has 0 unspecified atom stereocenters. The first kappa shape index (κ1) is 18.1. The smallest absolute Gasteiger partial charge is 0.326 e. The molecule has 0 radical (unpaired) electrons. The van der Waals surface area contributed by atoms with Gasteiger partial charge in [-0.1, -0.05) is 0 Å². The summed E-state index contributed by atoms with van der Waals surface area (Å²) >= 11 is 0. The number of hydrogen-bond donors (Lipinski definition) is 1. The van der Waals surface area contributed by atoms with E-state index in [1.54, 1.807) is 17.2 Å². The fourth-order valence-electron chi connectivity index (χ4n) is 4.52. The molecule has 0 bridgehead atoms. The van der Waals surface area contributed by atoms with Crippen LogP contribution in [-0.4, -0.2) is 58.4 Å². The molecule has 27 heavy (non-hydrogen) atoms. The topological polar surface area (TPSA) is 91.1 Å². The van der Waals surface area contributed by atoms with Gasteiger partial charge >= 0.3 is 5.97 Å². The van der Waals surface area contributed by atoms with E-state index in [4.69, 9.17) is 4.42 Å². The van der Waals surface area contributed by atoms with Gasteiger partial charge in [0.1, 0.15) is 11.8 Å². The first-order chi connectivity index (χ1) is 13.0. The monoisotopic (exact) mass is 374 g/mol. The zero-order valence-corrected chi connectivity index (χ0v) is 15.4. The van der Waals surface area contributed by atoms with E-state index in [9.17, 15) is 19.5 Å². The minimum atomic E-state index is -0.935. The highest BCUT2D eigenvalue weighted by Crippen LogP contribution is 2.44. The van der Waals surface area contributed by atoms with Gasteiger partial charge in [0, 0.05) is 38.4 Å². The fraction of sp³-hybridized carbons (Fsp3) is 0.650. The first-order valence-electron chi connectivity index (χ1n) is 9.81. The number of likely N-dealkylation sites (tertiary alicyclic amines) is 2. The van der Waals surface area contributed by atoms with Crippen molar-refractivity contribution in [3.63, 3.8) is 0 Å². The molecule has 1 aliphatic carbocycles. The Kier molecular flexibility index (Phi) is 4.70. The van der Waals surface area contributed by atoms with Crippen molar-refractivity contribution in [1.29, 1.82) is 0 Å². The summed E-state index contributed by atoms with van der Waals surface area (Å²) in [6, 6.07) is 2.83. The molecule has 1 N–H and O–H groups in total. The summed E-state index contributed by atoms with van der Waals surface area (Å²) < 4.78 is 5.26. The lowest BCUT2D eigenvalue weighted by Gasteiger charge is -2.39. The third-order valence-corrected chi connectivity index (χ3v) is 6.34. The molecular formula is C20H26N2O5. The predicted octanol–water partition coefficient (Wildman–Crippen LogP) is 1.92. The average Bonchev–Trinajstić information content (AvgIpc) is 3.25. The minimum absolute atomic E-state index is 0.132. The van der Waals surface area contributed by atoms with E-state index in [0.717, 1.165) is 31.4 Å². The SMILES string of the molecule is O=C(O)[C@H]1CC2(CCN(C(=O)C3CC3)CC2)CN1C(=O)CCc1ccco1. The second kappa shape index (κ2) is 7.02. The summed E-state index contributed by atoms with van der Waals surface area (Å²) in [5.74, 6) is 0.135. The Balaban J connectivity index is 1.38. The number of hydrogen-bond acceptors (Lipinski definition) is 4. The lowest BCUT2D eigenvalue weighted by atomic mass is 9.76. The maximum Gasteiger partial charge on any atom is 0.326 e. The van der Waals surface area contributed by atoms with Crippen LogP contribution in [0.25, 0.3) is 0 Å². The van der Waals surface area contributed by atoms with Gasteiger partial charge in [0.15, 0.2) is 0 Å². The molecule has 2 saturated heterocycles. The maximum absolute atomic E-state index is 12.7. The summed E-state index contributed by atoms with van der Waals surface area (Å²) in [5.41, 5.74) is -0.177. The third kappa shape index (κ3) is 3.73. The largest absolute Gasteiger partial charge is 0.480 e. The Morgan fingerprint density at radius 2 is 1.96 bits per heavy atom. The van der Waals surface area contributed by atoms with Gasteiger partial charge in [0.2, 0.25) is 11.8 Å². The number of furan rings is 1. The van der Waals surface area contributed by atoms with Crippen molar-refractivity contribution < 1.29 is 23.9 Å².